The van der Waals surface area contributed by atoms with Gasteiger partial charge in [0.05, 0.1) is 0 Å². The van der Waals surface area contributed by atoms with Crippen LogP contribution in [0.25, 0.3) is 0 Å². The SMILES string of the molecule is Cc1cc(Cl)ccc1N1CC(NC(C)C)CC1=O. The molecule has 98 valence electrons. The lowest BCUT2D eigenvalue weighted by molar-refractivity contribution is -0.117. The summed E-state index contributed by atoms with van der Waals surface area (Å²) in [5.74, 6) is 0.179. The summed E-state index contributed by atoms with van der Waals surface area (Å²) in [6.07, 6.45) is 0.570. The first-order valence-electron chi connectivity index (χ1n) is 6.30. The zero-order chi connectivity index (χ0) is 13.3. The molecule has 0 aliphatic carbocycles. The highest BCUT2D eigenvalue weighted by Crippen LogP contribution is 2.27. The second kappa shape index (κ2) is 5.29. The number of hydrogen-bond donors (Lipinski definition) is 1. The van der Waals surface area contributed by atoms with Gasteiger partial charge >= 0.3 is 0 Å². The number of aryl methyl sites for hydroxylation is 1. The number of halogens is 1. The maximum Gasteiger partial charge on any atom is 0.228 e. The molecule has 1 amide bonds. The summed E-state index contributed by atoms with van der Waals surface area (Å²) in [6, 6.07) is 6.29. The predicted octanol–water partition coefficient (Wildman–Crippen LogP) is 2.75. The topological polar surface area (TPSA) is 32.3 Å². The standard InChI is InChI=1S/C14H19ClN2O/c1-9(2)16-12-7-14(18)17(8-12)13-5-4-11(15)6-10(13)3/h4-6,9,12,16H,7-8H2,1-3H3. The molecule has 1 atom stereocenters. The number of nitrogens with zero attached hydrogens (tertiary/aromatic N) is 1. The van der Waals surface area contributed by atoms with Crippen LogP contribution < -0.4 is 10.2 Å². The van der Waals surface area contributed by atoms with E-state index in [1.807, 2.05) is 30.0 Å². The van der Waals surface area contributed by atoms with Crippen molar-refractivity contribution in [3.63, 3.8) is 0 Å². The molecule has 0 radical (unpaired) electrons. The third-order valence-corrected chi connectivity index (χ3v) is 3.38. The first kappa shape index (κ1) is 13.4. The first-order chi connectivity index (χ1) is 8.47. The molecule has 1 aromatic carbocycles. The summed E-state index contributed by atoms with van der Waals surface area (Å²) < 4.78 is 0. The molecule has 1 fully saturated rings. The summed E-state index contributed by atoms with van der Waals surface area (Å²) >= 11 is 5.94. The van der Waals surface area contributed by atoms with E-state index in [0.717, 1.165) is 17.8 Å². The maximum absolute atomic E-state index is 12.1. The number of carbonyl (C=O) groups is 1. The number of nitrogens with one attached hydrogen (secondary N) is 1. The average molecular weight is 267 g/mol. The van der Waals surface area contributed by atoms with Crippen molar-refractivity contribution in [2.75, 3.05) is 11.4 Å². The Morgan fingerprint density at radius 1 is 1.44 bits per heavy atom. The molecule has 2 rings (SSSR count). The Labute approximate surface area is 113 Å². The number of carbonyl (C=O) groups excluding carboxylic acids is 1. The van der Waals surface area contributed by atoms with Crippen molar-refractivity contribution >= 4 is 23.2 Å². The van der Waals surface area contributed by atoms with Crippen molar-refractivity contribution in [2.24, 2.45) is 0 Å². The highest BCUT2D eigenvalue weighted by Gasteiger charge is 2.31. The fourth-order valence-corrected chi connectivity index (χ4v) is 2.67. The van der Waals surface area contributed by atoms with Crippen LogP contribution in [0.4, 0.5) is 5.69 Å². The minimum atomic E-state index is 0.179. The lowest BCUT2D eigenvalue weighted by Crippen LogP contribution is -2.37. The van der Waals surface area contributed by atoms with E-state index < -0.39 is 0 Å². The van der Waals surface area contributed by atoms with Crippen molar-refractivity contribution in [1.29, 1.82) is 0 Å². The lowest BCUT2D eigenvalue weighted by atomic mass is 10.2. The third-order valence-electron chi connectivity index (χ3n) is 3.14. The van der Waals surface area contributed by atoms with Crippen LogP contribution in [0, 0.1) is 6.92 Å². The Morgan fingerprint density at radius 3 is 2.78 bits per heavy atom. The number of hydrogen-bond acceptors (Lipinski definition) is 2. The quantitative estimate of drug-likeness (QED) is 0.912. The van der Waals surface area contributed by atoms with Gasteiger partial charge in [-0.1, -0.05) is 25.4 Å². The monoisotopic (exact) mass is 266 g/mol. The van der Waals surface area contributed by atoms with Gasteiger partial charge in [-0.25, -0.2) is 0 Å². The zero-order valence-corrected chi connectivity index (χ0v) is 11.8. The van der Waals surface area contributed by atoms with Crippen LogP contribution in [0.15, 0.2) is 18.2 Å². The Hall–Kier alpha value is -1.06. The van der Waals surface area contributed by atoms with Crippen LogP contribution in [-0.2, 0) is 4.79 Å². The van der Waals surface area contributed by atoms with Gasteiger partial charge in [0.1, 0.15) is 0 Å². The summed E-state index contributed by atoms with van der Waals surface area (Å²) in [5, 5.41) is 4.12. The zero-order valence-electron chi connectivity index (χ0n) is 11.0. The van der Waals surface area contributed by atoms with Gasteiger partial charge in [0.15, 0.2) is 0 Å². The van der Waals surface area contributed by atoms with Crippen LogP contribution in [0.5, 0.6) is 0 Å². The maximum atomic E-state index is 12.1. The van der Waals surface area contributed by atoms with Crippen molar-refractivity contribution < 1.29 is 4.79 Å². The van der Waals surface area contributed by atoms with E-state index in [9.17, 15) is 4.79 Å². The van der Waals surface area contributed by atoms with Crippen LogP contribution >= 0.6 is 11.6 Å². The molecule has 1 saturated heterocycles. The summed E-state index contributed by atoms with van der Waals surface area (Å²) in [5.41, 5.74) is 2.01. The highest BCUT2D eigenvalue weighted by atomic mass is 35.5. The van der Waals surface area contributed by atoms with E-state index in [4.69, 9.17) is 11.6 Å². The van der Waals surface area contributed by atoms with Crippen molar-refractivity contribution in [1.82, 2.24) is 5.32 Å². The van der Waals surface area contributed by atoms with E-state index >= 15 is 0 Å². The molecule has 0 spiro atoms. The van der Waals surface area contributed by atoms with Gasteiger partial charge in [-0.3, -0.25) is 4.79 Å². The average Bonchev–Trinajstić information content (AvgIpc) is 2.58. The molecule has 0 saturated carbocycles. The summed E-state index contributed by atoms with van der Waals surface area (Å²) in [4.78, 5) is 13.9. The van der Waals surface area contributed by atoms with Crippen molar-refractivity contribution in [2.45, 2.75) is 39.3 Å². The van der Waals surface area contributed by atoms with E-state index in [1.54, 1.807) is 0 Å². The molecule has 1 heterocycles. The molecule has 4 heteroatoms. The second-order valence-corrected chi connectivity index (χ2v) is 5.59. The molecule has 1 aliphatic heterocycles. The first-order valence-corrected chi connectivity index (χ1v) is 6.67. The van der Waals surface area contributed by atoms with Crippen LogP contribution in [0.3, 0.4) is 0 Å². The van der Waals surface area contributed by atoms with Gasteiger partial charge in [-0.2, -0.15) is 0 Å². The number of rotatable bonds is 3. The fourth-order valence-electron chi connectivity index (χ4n) is 2.45. The molecule has 1 aliphatic rings. The molecule has 18 heavy (non-hydrogen) atoms. The van der Waals surface area contributed by atoms with E-state index in [1.165, 1.54) is 0 Å². The van der Waals surface area contributed by atoms with Crippen LogP contribution in [-0.4, -0.2) is 24.5 Å². The van der Waals surface area contributed by atoms with Gasteiger partial charge in [-0.15, -0.1) is 0 Å². The van der Waals surface area contributed by atoms with Crippen LogP contribution in [0.2, 0.25) is 5.02 Å². The molecule has 0 bridgehead atoms. The van der Waals surface area contributed by atoms with E-state index in [0.29, 0.717) is 17.5 Å². The number of benzene rings is 1. The van der Waals surface area contributed by atoms with E-state index in [2.05, 4.69) is 19.2 Å². The summed E-state index contributed by atoms with van der Waals surface area (Å²) in [6.45, 7) is 6.92. The van der Waals surface area contributed by atoms with Crippen molar-refractivity contribution in [3.05, 3.63) is 28.8 Å². The minimum absolute atomic E-state index is 0.179. The number of anilines is 1. The molecule has 3 nitrogen and oxygen atoms in total. The van der Waals surface area contributed by atoms with Crippen molar-refractivity contribution in [3.8, 4) is 0 Å². The Bertz CT molecular complexity index is 459. The van der Waals surface area contributed by atoms with E-state index in [-0.39, 0.29) is 11.9 Å². The molecular formula is C14H19ClN2O. The number of amides is 1. The van der Waals surface area contributed by atoms with Gasteiger partial charge in [-0.05, 0) is 30.7 Å². The van der Waals surface area contributed by atoms with Gasteiger partial charge in [0.25, 0.3) is 0 Å². The Kier molecular flexibility index (Phi) is 3.93. The van der Waals surface area contributed by atoms with Gasteiger partial charge < -0.3 is 10.2 Å². The largest absolute Gasteiger partial charge is 0.311 e. The van der Waals surface area contributed by atoms with Crippen LogP contribution in [0.1, 0.15) is 25.8 Å². The smallest absolute Gasteiger partial charge is 0.228 e. The highest BCUT2D eigenvalue weighted by molar-refractivity contribution is 6.30. The molecule has 1 unspecified atom stereocenters. The predicted molar refractivity (Wildman–Crippen MR) is 75.2 cm³/mol. The van der Waals surface area contributed by atoms with Gasteiger partial charge in [0, 0.05) is 35.8 Å². The minimum Gasteiger partial charge on any atom is -0.311 e. The molecule has 1 aromatic rings. The second-order valence-electron chi connectivity index (χ2n) is 5.16. The van der Waals surface area contributed by atoms with Gasteiger partial charge in [0.2, 0.25) is 5.91 Å². The lowest BCUT2D eigenvalue weighted by Gasteiger charge is -2.20. The summed E-state index contributed by atoms with van der Waals surface area (Å²) in [7, 11) is 0. The fraction of sp³-hybridized carbons (Fsp3) is 0.500. The Morgan fingerprint density at radius 2 is 2.17 bits per heavy atom. The Balaban J connectivity index is 2.16. The third kappa shape index (κ3) is 2.85. The molecule has 1 N–H and O–H groups in total. The molecule has 0 aromatic heterocycles. The molecular weight excluding hydrogens is 248 g/mol. The normalized spacial score (nSPS) is 19.9.